The van der Waals surface area contributed by atoms with Crippen LogP contribution in [0.1, 0.15) is 52.9 Å². The number of hydrogen-bond acceptors (Lipinski definition) is 3. The van der Waals surface area contributed by atoms with Crippen molar-refractivity contribution in [1.82, 2.24) is 0 Å². The molecule has 1 rings (SSSR count). The summed E-state index contributed by atoms with van der Waals surface area (Å²) in [6.07, 6.45) is 6.67. The van der Waals surface area contributed by atoms with Crippen molar-refractivity contribution in [2.45, 2.75) is 58.5 Å². The second kappa shape index (κ2) is 7.05. The minimum atomic E-state index is -0.268. The van der Waals surface area contributed by atoms with Crippen molar-refractivity contribution in [2.24, 2.45) is 5.92 Å². The van der Waals surface area contributed by atoms with Gasteiger partial charge in [0.15, 0.2) is 5.78 Å². The maximum atomic E-state index is 11.6. The Balaban J connectivity index is 2.77. The molecule has 18 heavy (non-hydrogen) atoms. The fourth-order valence-electron chi connectivity index (χ4n) is 2.58. The lowest BCUT2D eigenvalue weighted by Crippen LogP contribution is -2.38. The molecular weight excluding hydrogens is 228 g/mol. The summed E-state index contributed by atoms with van der Waals surface area (Å²) < 4.78 is 10.8. The predicted octanol–water partition coefficient (Wildman–Crippen LogP) is 3.48. The third kappa shape index (κ3) is 4.21. The van der Waals surface area contributed by atoms with Crippen LogP contribution in [-0.4, -0.2) is 25.3 Å². The monoisotopic (exact) mass is 254 g/mol. The van der Waals surface area contributed by atoms with E-state index in [1.54, 1.807) is 7.11 Å². The van der Waals surface area contributed by atoms with Gasteiger partial charge in [0, 0.05) is 19.4 Å². The van der Waals surface area contributed by atoms with Gasteiger partial charge in [-0.3, -0.25) is 4.79 Å². The van der Waals surface area contributed by atoms with Gasteiger partial charge in [-0.1, -0.05) is 18.9 Å². The minimum absolute atomic E-state index is 0.264. The molecule has 3 nitrogen and oxygen atoms in total. The van der Waals surface area contributed by atoms with Gasteiger partial charge >= 0.3 is 0 Å². The first-order valence-corrected chi connectivity index (χ1v) is 6.87. The molecule has 0 bridgehead atoms. The van der Waals surface area contributed by atoms with Gasteiger partial charge in [0.25, 0.3) is 0 Å². The van der Waals surface area contributed by atoms with Crippen LogP contribution in [0.15, 0.2) is 11.6 Å². The number of unbranched alkanes of at least 4 members (excludes halogenated alkanes) is 1. The Labute approximate surface area is 111 Å². The number of ether oxygens (including phenoxy) is 2. The van der Waals surface area contributed by atoms with Gasteiger partial charge in [-0.2, -0.15) is 0 Å². The van der Waals surface area contributed by atoms with E-state index in [4.69, 9.17) is 9.47 Å². The first kappa shape index (κ1) is 15.4. The van der Waals surface area contributed by atoms with Crippen molar-refractivity contribution in [2.75, 3.05) is 13.9 Å². The van der Waals surface area contributed by atoms with Gasteiger partial charge in [-0.05, 0) is 39.2 Å². The standard InChI is InChI=1S/C15H26O3/c1-5-6-7-12-10-13(16)8-9-14(12)15(2,3)18-11-17-4/h10,14H,5-9,11H2,1-4H3. The van der Waals surface area contributed by atoms with Crippen molar-refractivity contribution in [3.05, 3.63) is 11.6 Å². The highest BCUT2D eigenvalue weighted by molar-refractivity contribution is 5.91. The highest BCUT2D eigenvalue weighted by atomic mass is 16.7. The van der Waals surface area contributed by atoms with Gasteiger partial charge in [-0.25, -0.2) is 0 Å². The molecule has 0 radical (unpaired) electrons. The van der Waals surface area contributed by atoms with Crippen LogP contribution in [-0.2, 0) is 14.3 Å². The molecule has 0 aromatic heterocycles. The van der Waals surface area contributed by atoms with Crippen molar-refractivity contribution in [3.63, 3.8) is 0 Å². The van der Waals surface area contributed by atoms with E-state index < -0.39 is 0 Å². The molecule has 0 N–H and O–H groups in total. The molecule has 0 aromatic rings. The van der Waals surface area contributed by atoms with Crippen LogP contribution in [0, 0.1) is 5.92 Å². The zero-order valence-corrected chi connectivity index (χ0v) is 12.1. The maximum Gasteiger partial charge on any atom is 0.155 e. The van der Waals surface area contributed by atoms with E-state index in [2.05, 4.69) is 20.8 Å². The van der Waals surface area contributed by atoms with Crippen LogP contribution < -0.4 is 0 Å². The Kier molecular flexibility index (Phi) is 6.03. The molecular formula is C15H26O3. The van der Waals surface area contributed by atoms with Crippen molar-refractivity contribution in [1.29, 1.82) is 0 Å². The van der Waals surface area contributed by atoms with Crippen LogP contribution in [0.25, 0.3) is 0 Å². The average molecular weight is 254 g/mol. The van der Waals surface area contributed by atoms with Crippen LogP contribution in [0.3, 0.4) is 0 Å². The first-order chi connectivity index (χ1) is 8.51. The van der Waals surface area contributed by atoms with Crippen LogP contribution in [0.5, 0.6) is 0 Å². The molecule has 0 fully saturated rings. The molecule has 1 aliphatic rings. The molecule has 0 aromatic carbocycles. The fourth-order valence-corrected chi connectivity index (χ4v) is 2.58. The summed E-state index contributed by atoms with van der Waals surface area (Å²) in [7, 11) is 1.63. The van der Waals surface area contributed by atoms with E-state index in [0.717, 1.165) is 25.7 Å². The third-order valence-corrected chi connectivity index (χ3v) is 3.68. The average Bonchev–Trinajstić information content (AvgIpc) is 2.33. The summed E-state index contributed by atoms with van der Waals surface area (Å²) in [5.41, 5.74) is 0.991. The van der Waals surface area contributed by atoms with E-state index in [-0.39, 0.29) is 11.4 Å². The molecule has 1 aliphatic carbocycles. The SMILES string of the molecule is CCCCC1=CC(=O)CCC1C(C)(C)OCOC. The second-order valence-electron chi connectivity index (χ2n) is 5.53. The molecule has 0 heterocycles. The molecule has 0 aliphatic heterocycles. The zero-order valence-electron chi connectivity index (χ0n) is 12.1. The Hall–Kier alpha value is -0.670. The van der Waals surface area contributed by atoms with Gasteiger partial charge in [-0.15, -0.1) is 0 Å². The lowest BCUT2D eigenvalue weighted by Gasteiger charge is -2.37. The third-order valence-electron chi connectivity index (χ3n) is 3.68. The molecule has 1 unspecified atom stereocenters. The lowest BCUT2D eigenvalue weighted by molar-refractivity contribution is -0.136. The number of ketones is 1. The highest BCUT2D eigenvalue weighted by Crippen LogP contribution is 2.37. The number of hydrogen-bond donors (Lipinski definition) is 0. The smallest absolute Gasteiger partial charge is 0.155 e. The summed E-state index contributed by atoms with van der Waals surface area (Å²) in [6.45, 7) is 6.66. The second-order valence-corrected chi connectivity index (χ2v) is 5.53. The van der Waals surface area contributed by atoms with Crippen molar-refractivity contribution < 1.29 is 14.3 Å². The zero-order chi connectivity index (χ0) is 13.6. The predicted molar refractivity (Wildman–Crippen MR) is 72.4 cm³/mol. The van der Waals surface area contributed by atoms with Crippen molar-refractivity contribution >= 4 is 5.78 Å². The summed E-state index contributed by atoms with van der Waals surface area (Å²) >= 11 is 0. The fraction of sp³-hybridized carbons (Fsp3) is 0.800. The molecule has 1 atom stereocenters. The quantitative estimate of drug-likeness (QED) is 0.652. The van der Waals surface area contributed by atoms with Gasteiger partial charge in [0.05, 0.1) is 5.60 Å². The summed E-state index contributed by atoms with van der Waals surface area (Å²) in [4.78, 5) is 11.6. The Morgan fingerprint density at radius 1 is 1.44 bits per heavy atom. The van der Waals surface area contributed by atoms with E-state index >= 15 is 0 Å². The van der Waals surface area contributed by atoms with Gasteiger partial charge < -0.3 is 9.47 Å². The lowest BCUT2D eigenvalue weighted by atomic mass is 9.75. The first-order valence-electron chi connectivity index (χ1n) is 6.87. The summed E-state index contributed by atoms with van der Waals surface area (Å²) in [6, 6.07) is 0. The van der Waals surface area contributed by atoms with E-state index in [1.807, 2.05) is 6.08 Å². The van der Waals surface area contributed by atoms with Gasteiger partial charge in [0.2, 0.25) is 0 Å². The Morgan fingerprint density at radius 3 is 2.78 bits per heavy atom. The molecule has 3 heteroatoms. The van der Waals surface area contributed by atoms with E-state index in [0.29, 0.717) is 19.1 Å². The highest BCUT2D eigenvalue weighted by Gasteiger charge is 2.35. The normalized spacial score (nSPS) is 21.0. The van der Waals surface area contributed by atoms with Crippen LogP contribution in [0.4, 0.5) is 0 Å². The number of methoxy groups -OCH3 is 1. The Bertz CT molecular complexity index is 305. The number of allylic oxidation sites excluding steroid dienone is 1. The van der Waals surface area contributed by atoms with E-state index in [1.165, 1.54) is 5.57 Å². The summed E-state index contributed by atoms with van der Waals surface area (Å²) in [5, 5.41) is 0. The number of carbonyl (C=O) groups is 1. The molecule has 104 valence electrons. The molecule has 0 saturated heterocycles. The van der Waals surface area contributed by atoms with Crippen LogP contribution >= 0.6 is 0 Å². The number of carbonyl (C=O) groups excluding carboxylic acids is 1. The number of rotatable bonds is 7. The topological polar surface area (TPSA) is 35.5 Å². The van der Waals surface area contributed by atoms with Crippen LogP contribution in [0.2, 0.25) is 0 Å². The molecule has 0 saturated carbocycles. The Morgan fingerprint density at radius 2 is 2.17 bits per heavy atom. The minimum Gasteiger partial charge on any atom is -0.359 e. The van der Waals surface area contributed by atoms with Crippen molar-refractivity contribution in [3.8, 4) is 0 Å². The molecule has 0 spiro atoms. The summed E-state index contributed by atoms with van der Waals surface area (Å²) in [5.74, 6) is 0.594. The van der Waals surface area contributed by atoms with E-state index in [9.17, 15) is 4.79 Å². The maximum absolute atomic E-state index is 11.6. The van der Waals surface area contributed by atoms with Gasteiger partial charge in [0.1, 0.15) is 6.79 Å². The largest absolute Gasteiger partial charge is 0.359 e. The molecule has 0 amide bonds.